The van der Waals surface area contributed by atoms with Crippen LogP contribution in [-0.4, -0.2) is 38.2 Å². The van der Waals surface area contributed by atoms with Crippen LogP contribution in [0.2, 0.25) is 0 Å². The van der Waals surface area contributed by atoms with Crippen molar-refractivity contribution in [1.82, 2.24) is 4.31 Å². The first-order valence-electron chi connectivity index (χ1n) is 3.73. The molecule has 1 heterocycles. The molecule has 0 aliphatic carbocycles. The van der Waals surface area contributed by atoms with E-state index in [0.717, 1.165) is 0 Å². The lowest BCUT2D eigenvalue weighted by molar-refractivity contribution is 0.182. The van der Waals surface area contributed by atoms with Gasteiger partial charge in [0.1, 0.15) is 0 Å². The van der Waals surface area contributed by atoms with Crippen molar-refractivity contribution in [3.05, 3.63) is 0 Å². The number of sulfonamides is 1. The summed E-state index contributed by atoms with van der Waals surface area (Å²) in [6.07, 6.45) is 1.14. The molecule has 0 aromatic rings. The van der Waals surface area contributed by atoms with Gasteiger partial charge in [-0.2, -0.15) is 0 Å². The molecule has 0 atom stereocenters. The lowest BCUT2D eigenvalue weighted by Gasteiger charge is -2.11. The fourth-order valence-corrected chi connectivity index (χ4v) is 2.75. The van der Waals surface area contributed by atoms with E-state index in [-0.39, 0.29) is 12.4 Å². The SMILES string of the molecule is [O]CCCN1CCCS1(=O)=O. The van der Waals surface area contributed by atoms with Crippen molar-refractivity contribution in [2.24, 2.45) is 0 Å². The van der Waals surface area contributed by atoms with Gasteiger partial charge in [0.05, 0.1) is 12.4 Å². The zero-order chi connectivity index (χ0) is 8.32. The van der Waals surface area contributed by atoms with Crippen molar-refractivity contribution in [3.63, 3.8) is 0 Å². The lowest BCUT2D eigenvalue weighted by Crippen LogP contribution is -2.27. The van der Waals surface area contributed by atoms with Gasteiger partial charge in [-0.05, 0) is 12.8 Å². The Bertz CT molecular complexity index is 212. The molecule has 1 rings (SSSR count). The number of nitrogens with zero attached hydrogens (tertiary/aromatic N) is 1. The summed E-state index contributed by atoms with van der Waals surface area (Å²) in [6, 6.07) is 0. The van der Waals surface area contributed by atoms with Crippen molar-refractivity contribution >= 4 is 10.0 Å². The summed E-state index contributed by atoms with van der Waals surface area (Å²) in [5, 5.41) is 10.1. The van der Waals surface area contributed by atoms with Gasteiger partial charge in [-0.3, -0.25) is 0 Å². The molecule has 1 saturated heterocycles. The highest BCUT2D eigenvalue weighted by atomic mass is 32.2. The lowest BCUT2D eigenvalue weighted by atomic mass is 10.4. The monoisotopic (exact) mass is 178 g/mol. The van der Waals surface area contributed by atoms with Crippen molar-refractivity contribution < 1.29 is 13.5 Å². The molecule has 1 radical (unpaired) electrons. The van der Waals surface area contributed by atoms with Crippen LogP contribution >= 0.6 is 0 Å². The molecule has 1 aliphatic heterocycles. The summed E-state index contributed by atoms with van der Waals surface area (Å²) in [5.74, 6) is 0.256. The van der Waals surface area contributed by atoms with Crippen LogP contribution in [0, 0.1) is 0 Å². The maximum Gasteiger partial charge on any atom is 0.214 e. The fourth-order valence-electron chi connectivity index (χ4n) is 1.18. The van der Waals surface area contributed by atoms with E-state index in [1.165, 1.54) is 4.31 Å². The van der Waals surface area contributed by atoms with Gasteiger partial charge in [0.15, 0.2) is 0 Å². The molecule has 0 N–H and O–H groups in total. The third kappa shape index (κ3) is 2.15. The number of rotatable bonds is 3. The fraction of sp³-hybridized carbons (Fsp3) is 1.00. The van der Waals surface area contributed by atoms with E-state index < -0.39 is 10.0 Å². The topological polar surface area (TPSA) is 57.3 Å². The van der Waals surface area contributed by atoms with Crippen LogP contribution < -0.4 is 0 Å². The molecule has 0 amide bonds. The zero-order valence-corrected chi connectivity index (χ0v) is 7.14. The third-order valence-electron chi connectivity index (χ3n) is 1.76. The van der Waals surface area contributed by atoms with Gasteiger partial charge in [0, 0.05) is 13.1 Å². The third-order valence-corrected chi connectivity index (χ3v) is 3.71. The summed E-state index contributed by atoms with van der Waals surface area (Å²) < 4.78 is 23.6. The Morgan fingerprint density at radius 2 is 2.09 bits per heavy atom. The highest BCUT2D eigenvalue weighted by molar-refractivity contribution is 7.89. The zero-order valence-electron chi connectivity index (χ0n) is 6.32. The van der Waals surface area contributed by atoms with Crippen molar-refractivity contribution in [2.45, 2.75) is 12.8 Å². The molecule has 0 bridgehead atoms. The molecule has 11 heavy (non-hydrogen) atoms. The molecule has 0 aromatic carbocycles. The van der Waals surface area contributed by atoms with Gasteiger partial charge in [-0.15, -0.1) is 0 Å². The minimum atomic E-state index is -2.96. The van der Waals surface area contributed by atoms with Crippen LogP contribution in [0.25, 0.3) is 0 Å². The van der Waals surface area contributed by atoms with Gasteiger partial charge < -0.3 is 0 Å². The first-order chi connectivity index (χ1) is 5.17. The summed E-state index contributed by atoms with van der Waals surface area (Å²) >= 11 is 0. The van der Waals surface area contributed by atoms with Crippen molar-refractivity contribution in [1.29, 1.82) is 0 Å². The summed E-state index contributed by atoms with van der Waals surface area (Å²) in [5.41, 5.74) is 0. The predicted molar refractivity (Wildman–Crippen MR) is 40.1 cm³/mol. The van der Waals surface area contributed by atoms with Gasteiger partial charge in [0.2, 0.25) is 10.0 Å². The molecule has 5 heteroatoms. The van der Waals surface area contributed by atoms with Crippen LogP contribution in [0.4, 0.5) is 0 Å². The molecular formula is C6H12NO3S. The Hall–Kier alpha value is -0.130. The molecule has 4 nitrogen and oxygen atoms in total. The van der Waals surface area contributed by atoms with E-state index in [4.69, 9.17) is 0 Å². The molecule has 0 saturated carbocycles. The van der Waals surface area contributed by atoms with E-state index >= 15 is 0 Å². The predicted octanol–water partition coefficient (Wildman–Crippen LogP) is -0.157. The number of hydrogen-bond acceptors (Lipinski definition) is 2. The Morgan fingerprint density at radius 3 is 2.55 bits per heavy atom. The normalized spacial score (nSPS) is 24.1. The average molecular weight is 178 g/mol. The molecule has 0 unspecified atom stereocenters. The minimum absolute atomic E-state index is 0.188. The largest absolute Gasteiger partial charge is 0.237 e. The summed E-state index contributed by atoms with van der Waals surface area (Å²) in [4.78, 5) is 0. The molecule has 0 aromatic heterocycles. The average Bonchev–Trinajstić information content (AvgIpc) is 2.25. The maximum atomic E-state index is 11.1. The molecule has 65 valence electrons. The standard InChI is InChI=1S/C6H12NO3S/c8-5-1-3-7-4-2-6-11(7,9)10/h1-6H2. The Kier molecular flexibility index (Phi) is 2.86. The van der Waals surface area contributed by atoms with Crippen LogP contribution in [0.5, 0.6) is 0 Å². The van der Waals surface area contributed by atoms with Crippen molar-refractivity contribution in [3.8, 4) is 0 Å². The molecule has 1 aliphatic rings. The molecular weight excluding hydrogens is 166 g/mol. The van der Waals surface area contributed by atoms with Crippen LogP contribution in [0.3, 0.4) is 0 Å². The van der Waals surface area contributed by atoms with E-state index in [1.54, 1.807) is 0 Å². The first-order valence-corrected chi connectivity index (χ1v) is 5.33. The van der Waals surface area contributed by atoms with E-state index in [9.17, 15) is 13.5 Å². The smallest absolute Gasteiger partial charge is 0.214 e. The Morgan fingerprint density at radius 1 is 1.36 bits per heavy atom. The van der Waals surface area contributed by atoms with E-state index in [2.05, 4.69) is 0 Å². The van der Waals surface area contributed by atoms with Crippen molar-refractivity contribution in [2.75, 3.05) is 25.4 Å². The molecule has 1 fully saturated rings. The van der Waals surface area contributed by atoms with Gasteiger partial charge in [-0.25, -0.2) is 17.8 Å². The summed E-state index contributed by atoms with van der Waals surface area (Å²) in [7, 11) is -2.96. The maximum absolute atomic E-state index is 11.1. The van der Waals surface area contributed by atoms with Crippen LogP contribution in [-0.2, 0) is 15.1 Å². The van der Waals surface area contributed by atoms with E-state index in [0.29, 0.717) is 25.9 Å². The second-order valence-corrected chi connectivity index (χ2v) is 4.71. The minimum Gasteiger partial charge on any atom is -0.237 e. The highest BCUT2D eigenvalue weighted by Crippen LogP contribution is 2.12. The second-order valence-electron chi connectivity index (χ2n) is 2.63. The van der Waals surface area contributed by atoms with Gasteiger partial charge in [-0.1, -0.05) is 0 Å². The van der Waals surface area contributed by atoms with Crippen LogP contribution in [0.1, 0.15) is 12.8 Å². The summed E-state index contributed by atoms with van der Waals surface area (Å²) in [6.45, 7) is 0.820. The quantitative estimate of drug-likeness (QED) is 0.603. The Balaban J connectivity index is 2.45. The number of hydrogen-bond donors (Lipinski definition) is 0. The highest BCUT2D eigenvalue weighted by Gasteiger charge is 2.26. The van der Waals surface area contributed by atoms with Crippen LogP contribution in [0.15, 0.2) is 0 Å². The second kappa shape index (κ2) is 3.51. The van der Waals surface area contributed by atoms with E-state index in [1.807, 2.05) is 0 Å². The molecule has 0 spiro atoms. The van der Waals surface area contributed by atoms with Gasteiger partial charge in [0.25, 0.3) is 0 Å². The van der Waals surface area contributed by atoms with Gasteiger partial charge >= 0.3 is 0 Å². The Labute approximate surface area is 66.9 Å². The first kappa shape index (κ1) is 8.96.